The van der Waals surface area contributed by atoms with Gasteiger partial charge in [0.05, 0.1) is 28.1 Å². The van der Waals surface area contributed by atoms with Crippen molar-refractivity contribution in [3.8, 4) is 0 Å². The molecule has 8 bridgehead atoms. The first-order chi connectivity index (χ1) is 29.8. The van der Waals surface area contributed by atoms with Crippen LogP contribution in [0, 0.1) is 31.6 Å². The molecule has 342 valence electrons. The number of aryl methyl sites for hydroxylation is 2. The van der Waals surface area contributed by atoms with Gasteiger partial charge in [0.25, 0.3) is 0 Å². The van der Waals surface area contributed by atoms with Crippen LogP contribution in [-0.4, -0.2) is 54.3 Å². The summed E-state index contributed by atoms with van der Waals surface area (Å²) in [7, 11) is 0. The van der Waals surface area contributed by atoms with Gasteiger partial charge in [0.2, 0.25) is 0 Å². The van der Waals surface area contributed by atoms with Crippen LogP contribution in [0.5, 0.6) is 0 Å². The second-order valence-corrected chi connectivity index (χ2v) is 20.0. The number of aromatic amines is 2. The molecule has 2 aliphatic heterocycles. The number of carbonyl (C=O) groups is 3. The zero-order valence-electron chi connectivity index (χ0n) is 40.0. The smallest absolute Gasteiger partial charge is 0.306 e. The number of ketones is 2. The number of hydrogen-bond donors (Lipinski definition) is 4. The lowest BCUT2D eigenvalue weighted by Crippen LogP contribution is -2.43. The SMILES string of the molecule is CC[C@@]1(O)c2cc3[nH]c4c(c5nc(cc6[nH]c(cc(n2)[C@]1(C)O)c(C(C)=O)c6C)[C@@H](C)[C@@H]5CCC(=O)OC/C=C(\C)CCC[C@H](C)CCC[C@H](C)CCCC(C)C)CC(=O)c4c3C. The fraction of sp³-hybridized carbons (Fsp3) is 0.604. The molecule has 0 spiro atoms. The van der Waals surface area contributed by atoms with Crippen molar-refractivity contribution in [3.05, 3.63) is 80.4 Å². The van der Waals surface area contributed by atoms with Crippen molar-refractivity contribution < 1.29 is 29.3 Å². The number of esters is 1. The molecule has 0 amide bonds. The first-order valence-electron chi connectivity index (χ1n) is 23.8. The maximum atomic E-state index is 13.8. The molecule has 4 N–H and O–H groups in total. The van der Waals surface area contributed by atoms with Gasteiger partial charge in [0.1, 0.15) is 17.8 Å². The average Bonchev–Trinajstić information content (AvgIpc) is 3.95. The average molecular weight is 863 g/mol. The van der Waals surface area contributed by atoms with Crippen molar-refractivity contribution in [1.82, 2.24) is 19.9 Å². The predicted molar refractivity (Wildman–Crippen MR) is 252 cm³/mol. The van der Waals surface area contributed by atoms with E-state index in [1.54, 1.807) is 19.1 Å². The standard InChI is InChI=1S/C53H74N4O6/c1-12-53(62)46-28-42-36(9)49-44(59)26-39(51(49)56-42)50-38(34(7)40(55-50)27-41-35(8)48(37(10)58)43(54-41)29-45(57-46)52(53,11)61)22-23-47(60)63-25-24-33(6)21-15-20-32(5)19-14-18-31(4)17-13-16-30(2)3/h24,27-32,34,38,54,56,61-62H,12-23,25-26H2,1-11H3/b33-24+,40-27?,41-27?,42-28?,43-29?,45-29?,46-28?,50-39?/t31-,32-,34+,38+,52+,53-/m1/s1. The largest absolute Gasteiger partial charge is 0.461 e. The summed E-state index contributed by atoms with van der Waals surface area (Å²) >= 11 is 0. The Balaban J connectivity index is 1.20. The highest BCUT2D eigenvalue weighted by Gasteiger charge is 2.53. The van der Waals surface area contributed by atoms with Gasteiger partial charge in [-0.3, -0.25) is 24.4 Å². The predicted octanol–water partition coefficient (Wildman–Crippen LogP) is 12.0. The molecular formula is C53H74N4O6. The number of aromatic nitrogens is 4. The Morgan fingerprint density at radius 3 is 2.16 bits per heavy atom. The quantitative estimate of drug-likeness (QED) is 0.0527. The molecule has 0 saturated heterocycles. The van der Waals surface area contributed by atoms with Gasteiger partial charge >= 0.3 is 5.97 Å². The highest BCUT2D eigenvalue weighted by molar-refractivity contribution is 6.13. The van der Waals surface area contributed by atoms with Gasteiger partial charge in [-0.15, -0.1) is 0 Å². The van der Waals surface area contributed by atoms with Gasteiger partial charge in [0.15, 0.2) is 11.6 Å². The van der Waals surface area contributed by atoms with Crippen LogP contribution in [0.2, 0.25) is 0 Å². The van der Waals surface area contributed by atoms with Gasteiger partial charge in [-0.2, -0.15) is 0 Å². The van der Waals surface area contributed by atoms with Gasteiger partial charge in [-0.1, -0.05) is 92.1 Å². The van der Waals surface area contributed by atoms with E-state index in [-0.39, 0.29) is 66.6 Å². The zero-order chi connectivity index (χ0) is 46.0. The maximum absolute atomic E-state index is 13.8. The van der Waals surface area contributed by atoms with Crippen LogP contribution in [0.3, 0.4) is 0 Å². The molecule has 3 aromatic rings. The van der Waals surface area contributed by atoms with Crippen LogP contribution in [0.15, 0.2) is 29.8 Å². The molecule has 5 heterocycles. The third-order valence-corrected chi connectivity index (χ3v) is 14.7. The van der Waals surface area contributed by atoms with E-state index in [0.717, 1.165) is 58.7 Å². The summed E-state index contributed by atoms with van der Waals surface area (Å²) in [6.07, 6.45) is 14.3. The summed E-state index contributed by atoms with van der Waals surface area (Å²) in [5.41, 5.74) is 5.45. The topological polar surface area (TPSA) is 158 Å². The number of ether oxygens (including phenoxy) is 1. The zero-order valence-corrected chi connectivity index (χ0v) is 40.0. The molecule has 6 rings (SSSR count). The van der Waals surface area contributed by atoms with Crippen LogP contribution in [-0.2, 0) is 27.2 Å². The fourth-order valence-corrected chi connectivity index (χ4v) is 10.3. The van der Waals surface area contributed by atoms with E-state index in [0.29, 0.717) is 39.6 Å². The fourth-order valence-electron chi connectivity index (χ4n) is 10.3. The van der Waals surface area contributed by atoms with E-state index in [9.17, 15) is 24.6 Å². The number of allylic oxidation sites excluding steroid dienone is 1. The Kier molecular flexibility index (Phi) is 15.1. The van der Waals surface area contributed by atoms with Gasteiger partial charge in [-0.05, 0) is 113 Å². The van der Waals surface area contributed by atoms with E-state index in [1.807, 2.05) is 26.0 Å². The molecule has 6 atom stereocenters. The van der Waals surface area contributed by atoms with Crippen molar-refractivity contribution in [2.24, 2.45) is 17.8 Å². The maximum Gasteiger partial charge on any atom is 0.306 e. The van der Waals surface area contributed by atoms with Gasteiger partial charge < -0.3 is 24.9 Å². The second-order valence-electron chi connectivity index (χ2n) is 20.0. The Labute approximate surface area is 375 Å². The van der Waals surface area contributed by atoms with Crippen LogP contribution in [0.4, 0.5) is 0 Å². The lowest BCUT2D eigenvalue weighted by atomic mass is 9.80. The molecule has 1 aliphatic carbocycles. The highest BCUT2D eigenvalue weighted by atomic mass is 16.5. The van der Waals surface area contributed by atoms with E-state index in [4.69, 9.17) is 14.7 Å². The molecule has 3 aliphatic rings. The lowest BCUT2D eigenvalue weighted by Gasteiger charge is -2.34. The van der Waals surface area contributed by atoms with Crippen molar-refractivity contribution in [2.75, 3.05) is 6.61 Å². The molecule has 0 radical (unpaired) electrons. The van der Waals surface area contributed by atoms with Crippen molar-refractivity contribution in [3.63, 3.8) is 0 Å². The highest BCUT2D eigenvalue weighted by Crippen LogP contribution is 2.48. The number of Topliss-reactive ketones (excluding diaryl/α,β-unsaturated/α-hetero) is 2. The van der Waals surface area contributed by atoms with Crippen LogP contribution in [0.1, 0.15) is 211 Å². The summed E-state index contributed by atoms with van der Waals surface area (Å²) in [6, 6.07) is 5.31. The Morgan fingerprint density at radius 1 is 0.873 bits per heavy atom. The van der Waals surface area contributed by atoms with E-state index >= 15 is 0 Å². The second kappa shape index (κ2) is 19.8. The lowest BCUT2D eigenvalue weighted by molar-refractivity contribution is -0.148. The molecule has 10 nitrogen and oxygen atoms in total. The first kappa shape index (κ1) is 48.1. The first-order valence-corrected chi connectivity index (χ1v) is 23.8. The summed E-state index contributed by atoms with van der Waals surface area (Å²) in [5.74, 6) is 1.58. The number of nitrogens with one attached hydrogen (secondary N) is 2. The number of nitrogens with zero attached hydrogens (tertiary/aromatic N) is 2. The monoisotopic (exact) mass is 863 g/mol. The van der Waals surface area contributed by atoms with Crippen LogP contribution in [0.25, 0.3) is 22.1 Å². The molecule has 0 saturated carbocycles. The number of aliphatic hydroxyl groups is 2. The normalized spacial score (nSPS) is 21.9. The van der Waals surface area contributed by atoms with Crippen molar-refractivity contribution >= 4 is 39.6 Å². The summed E-state index contributed by atoms with van der Waals surface area (Å²) in [4.78, 5) is 57.2. The van der Waals surface area contributed by atoms with Crippen LogP contribution < -0.4 is 0 Å². The summed E-state index contributed by atoms with van der Waals surface area (Å²) in [6.45, 7) is 22.4. The minimum atomic E-state index is -1.78. The Bertz CT molecular complexity index is 2400. The van der Waals surface area contributed by atoms with E-state index < -0.39 is 11.2 Å². The molecule has 63 heavy (non-hydrogen) atoms. The minimum Gasteiger partial charge on any atom is -0.461 e. The van der Waals surface area contributed by atoms with Crippen molar-refractivity contribution in [1.29, 1.82) is 0 Å². The number of rotatable bonds is 19. The molecule has 3 aromatic heterocycles. The van der Waals surface area contributed by atoms with Gasteiger partial charge in [-0.25, -0.2) is 0 Å². The Hall–Kier alpha value is -4.41. The minimum absolute atomic E-state index is 0.0303. The van der Waals surface area contributed by atoms with Crippen LogP contribution >= 0.6 is 0 Å². The molecule has 0 unspecified atom stereocenters. The number of fused-ring (bicyclic) bond motifs is 8. The number of carbonyl (C=O) groups excluding carboxylic acids is 3. The molecule has 0 fully saturated rings. The number of hydrogen-bond acceptors (Lipinski definition) is 8. The molecule has 0 aromatic carbocycles. The number of H-pyrrole nitrogens is 2. The molecule has 10 heteroatoms. The summed E-state index contributed by atoms with van der Waals surface area (Å²) in [5, 5.41) is 23.9. The van der Waals surface area contributed by atoms with Gasteiger partial charge in [0, 0.05) is 58.1 Å². The van der Waals surface area contributed by atoms with E-state index in [1.165, 1.54) is 64.4 Å². The van der Waals surface area contributed by atoms with E-state index in [2.05, 4.69) is 51.5 Å². The Morgan fingerprint density at radius 2 is 1.51 bits per heavy atom. The molecular weight excluding hydrogens is 789 g/mol. The summed E-state index contributed by atoms with van der Waals surface area (Å²) < 4.78 is 5.76. The third kappa shape index (κ3) is 10.1. The van der Waals surface area contributed by atoms with Crippen molar-refractivity contribution in [2.45, 2.75) is 183 Å². The third-order valence-electron chi connectivity index (χ3n) is 14.7.